The van der Waals surface area contributed by atoms with Gasteiger partial charge in [0.2, 0.25) is 5.91 Å². The molecule has 1 amide bonds. The van der Waals surface area contributed by atoms with Crippen LogP contribution in [0.15, 0.2) is 24.5 Å². The molecule has 1 fully saturated rings. The minimum Gasteiger partial charge on any atom is -0.337 e. The molecule has 1 aliphatic rings. The van der Waals surface area contributed by atoms with Gasteiger partial charge in [-0.1, -0.05) is 19.4 Å². The first-order chi connectivity index (χ1) is 9.67. The van der Waals surface area contributed by atoms with E-state index in [-0.39, 0.29) is 5.91 Å². The van der Waals surface area contributed by atoms with Gasteiger partial charge in [0.05, 0.1) is 18.4 Å². The molecule has 1 unspecified atom stereocenters. The van der Waals surface area contributed by atoms with Crippen molar-refractivity contribution in [3.8, 4) is 0 Å². The number of pyridine rings is 1. The van der Waals surface area contributed by atoms with Crippen LogP contribution < -0.4 is 0 Å². The van der Waals surface area contributed by atoms with Crippen LogP contribution in [0.3, 0.4) is 0 Å². The summed E-state index contributed by atoms with van der Waals surface area (Å²) in [5.41, 5.74) is 3.24. The van der Waals surface area contributed by atoms with E-state index in [0.717, 1.165) is 30.7 Å². The summed E-state index contributed by atoms with van der Waals surface area (Å²) in [4.78, 5) is 18.5. The molecule has 3 heterocycles. The maximum Gasteiger partial charge on any atom is 0.223 e. The van der Waals surface area contributed by atoms with Crippen LogP contribution in [0.25, 0.3) is 5.65 Å². The average Bonchev–Trinajstić information content (AvgIpc) is 2.95. The Hall–Kier alpha value is -1.84. The lowest BCUT2D eigenvalue weighted by Gasteiger charge is -2.16. The Bertz CT molecular complexity index is 632. The highest BCUT2D eigenvalue weighted by atomic mass is 16.2. The van der Waals surface area contributed by atoms with E-state index >= 15 is 0 Å². The normalized spacial score (nSPS) is 19.2. The fourth-order valence-electron chi connectivity index (χ4n) is 3.06. The van der Waals surface area contributed by atoms with Crippen molar-refractivity contribution in [1.82, 2.24) is 14.3 Å². The van der Waals surface area contributed by atoms with E-state index in [1.807, 2.05) is 17.2 Å². The van der Waals surface area contributed by atoms with Gasteiger partial charge in [-0.15, -0.1) is 0 Å². The first kappa shape index (κ1) is 13.2. The van der Waals surface area contributed by atoms with Gasteiger partial charge in [0.15, 0.2) is 0 Å². The highest BCUT2D eigenvalue weighted by molar-refractivity contribution is 5.78. The Balaban J connectivity index is 1.80. The molecule has 2 aromatic heterocycles. The Morgan fingerprint density at radius 1 is 1.40 bits per heavy atom. The van der Waals surface area contributed by atoms with Crippen LogP contribution in [0.2, 0.25) is 0 Å². The Labute approximate surface area is 119 Å². The minimum absolute atomic E-state index is 0.283. The topological polar surface area (TPSA) is 37.6 Å². The first-order valence-corrected chi connectivity index (χ1v) is 7.37. The van der Waals surface area contributed by atoms with Crippen LogP contribution in [-0.4, -0.2) is 26.7 Å². The zero-order chi connectivity index (χ0) is 14.1. The van der Waals surface area contributed by atoms with E-state index in [1.54, 1.807) is 0 Å². The summed E-state index contributed by atoms with van der Waals surface area (Å²) in [6.45, 7) is 5.82. The molecule has 20 heavy (non-hydrogen) atoms. The molecule has 2 aromatic rings. The molecule has 0 radical (unpaired) electrons. The second kappa shape index (κ2) is 5.27. The number of hydrogen-bond acceptors (Lipinski definition) is 2. The summed E-state index contributed by atoms with van der Waals surface area (Å²) >= 11 is 0. The van der Waals surface area contributed by atoms with Crippen molar-refractivity contribution >= 4 is 11.6 Å². The van der Waals surface area contributed by atoms with Gasteiger partial charge in [-0.3, -0.25) is 4.79 Å². The second-order valence-electron chi connectivity index (χ2n) is 5.82. The van der Waals surface area contributed by atoms with Crippen molar-refractivity contribution < 1.29 is 4.79 Å². The molecule has 0 spiro atoms. The lowest BCUT2D eigenvalue weighted by molar-refractivity contribution is -0.128. The summed E-state index contributed by atoms with van der Waals surface area (Å²) in [5.74, 6) is 0.819. The van der Waals surface area contributed by atoms with Gasteiger partial charge in [0, 0.05) is 19.2 Å². The smallest absolute Gasteiger partial charge is 0.223 e. The molecule has 1 aliphatic heterocycles. The minimum atomic E-state index is 0.283. The van der Waals surface area contributed by atoms with Crippen molar-refractivity contribution in [2.24, 2.45) is 5.92 Å². The third-order valence-electron chi connectivity index (χ3n) is 4.07. The summed E-state index contributed by atoms with van der Waals surface area (Å²) in [6, 6.07) is 4.08. The van der Waals surface area contributed by atoms with Crippen molar-refractivity contribution in [3.05, 3.63) is 35.8 Å². The fourth-order valence-corrected chi connectivity index (χ4v) is 3.06. The van der Waals surface area contributed by atoms with Gasteiger partial charge in [-0.05, 0) is 30.9 Å². The fraction of sp³-hybridized carbons (Fsp3) is 0.500. The van der Waals surface area contributed by atoms with Crippen LogP contribution in [-0.2, 0) is 11.3 Å². The molecule has 0 saturated carbocycles. The molecule has 1 saturated heterocycles. The Morgan fingerprint density at radius 3 is 3.05 bits per heavy atom. The number of imidazole rings is 1. The quantitative estimate of drug-likeness (QED) is 0.857. The molecular formula is C16H21N3O. The zero-order valence-corrected chi connectivity index (χ0v) is 12.2. The molecule has 1 atom stereocenters. The Kier molecular flexibility index (Phi) is 3.47. The van der Waals surface area contributed by atoms with Gasteiger partial charge in [-0.25, -0.2) is 4.98 Å². The predicted molar refractivity (Wildman–Crippen MR) is 78.4 cm³/mol. The number of fused-ring (bicyclic) bond motifs is 1. The Morgan fingerprint density at radius 2 is 2.25 bits per heavy atom. The molecule has 0 bridgehead atoms. The van der Waals surface area contributed by atoms with Crippen LogP contribution >= 0.6 is 0 Å². The third-order valence-corrected chi connectivity index (χ3v) is 4.07. The maximum atomic E-state index is 12.1. The highest BCUT2D eigenvalue weighted by Gasteiger charge is 2.29. The lowest BCUT2D eigenvalue weighted by atomic mass is 10.0. The number of aromatic nitrogens is 2. The molecule has 4 heteroatoms. The molecule has 0 aliphatic carbocycles. The zero-order valence-electron chi connectivity index (χ0n) is 12.2. The van der Waals surface area contributed by atoms with E-state index < -0.39 is 0 Å². The molecule has 0 aromatic carbocycles. The van der Waals surface area contributed by atoms with E-state index in [4.69, 9.17) is 0 Å². The van der Waals surface area contributed by atoms with Gasteiger partial charge >= 0.3 is 0 Å². The van der Waals surface area contributed by atoms with Gasteiger partial charge in [-0.2, -0.15) is 0 Å². The maximum absolute atomic E-state index is 12.1. The first-order valence-electron chi connectivity index (χ1n) is 7.37. The number of rotatable bonds is 4. The van der Waals surface area contributed by atoms with Crippen LogP contribution in [0.5, 0.6) is 0 Å². The predicted octanol–water partition coefficient (Wildman–Crippen LogP) is 2.79. The van der Waals surface area contributed by atoms with E-state index in [0.29, 0.717) is 18.9 Å². The van der Waals surface area contributed by atoms with Crippen molar-refractivity contribution in [2.45, 2.75) is 39.7 Å². The monoisotopic (exact) mass is 271 g/mol. The van der Waals surface area contributed by atoms with Crippen LogP contribution in [0.1, 0.15) is 37.4 Å². The number of aryl methyl sites for hydroxylation is 1. The van der Waals surface area contributed by atoms with E-state index in [2.05, 4.69) is 35.5 Å². The van der Waals surface area contributed by atoms with Gasteiger partial charge in [0.25, 0.3) is 0 Å². The molecular weight excluding hydrogens is 250 g/mol. The number of carbonyl (C=O) groups excluding carboxylic acids is 1. The van der Waals surface area contributed by atoms with Crippen molar-refractivity contribution in [2.75, 3.05) is 6.54 Å². The van der Waals surface area contributed by atoms with E-state index in [9.17, 15) is 4.79 Å². The van der Waals surface area contributed by atoms with E-state index in [1.165, 1.54) is 5.56 Å². The molecule has 3 rings (SSSR count). The number of likely N-dealkylation sites (tertiary alicyclic amines) is 1. The third kappa shape index (κ3) is 2.42. The summed E-state index contributed by atoms with van der Waals surface area (Å²) in [5, 5.41) is 0. The summed E-state index contributed by atoms with van der Waals surface area (Å²) in [6.07, 6.45) is 6.98. The number of carbonyl (C=O) groups is 1. The highest BCUT2D eigenvalue weighted by Crippen LogP contribution is 2.24. The lowest BCUT2D eigenvalue weighted by Crippen LogP contribution is -2.25. The van der Waals surface area contributed by atoms with Gasteiger partial charge < -0.3 is 9.30 Å². The summed E-state index contributed by atoms with van der Waals surface area (Å²) < 4.78 is 2.09. The SMILES string of the molecule is CCCC1CC(=O)N(Cc2cnc3ccc(C)cn23)C1. The number of amides is 1. The standard InChI is InChI=1S/C16H21N3O/c1-3-4-13-7-16(20)18(10-13)11-14-8-17-15-6-5-12(2)9-19(14)15/h5-6,8-9,13H,3-4,7,10-11H2,1-2H3. The number of nitrogens with zero attached hydrogens (tertiary/aromatic N) is 3. The van der Waals surface area contributed by atoms with Crippen LogP contribution in [0, 0.1) is 12.8 Å². The second-order valence-corrected chi connectivity index (χ2v) is 5.82. The van der Waals surface area contributed by atoms with Crippen LogP contribution in [0.4, 0.5) is 0 Å². The average molecular weight is 271 g/mol. The van der Waals surface area contributed by atoms with Crippen molar-refractivity contribution in [1.29, 1.82) is 0 Å². The summed E-state index contributed by atoms with van der Waals surface area (Å²) in [7, 11) is 0. The molecule has 4 nitrogen and oxygen atoms in total. The molecule has 0 N–H and O–H groups in total. The molecule has 106 valence electrons. The largest absolute Gasteiger partial charge is 0.337 e. The number of hydrogen-bond donors (Lipinski definition) is 0. The van der Waals surface area contributed by atoms with Gasteiger partial charge in [0.1, 0.15) is 5.65 Å². The van der Waals surface area contributed by atoms with Crippen molar-refractivity contribution in [3.63, 3.8) is 0 Å².